The number of amides is 2. The fraction of sp³-hybridized carbons (Fsp3) is 0.640. The number of thioether (sulfide) groups is 1. The van der Waals surface area contributed by atoms with Crippen LogP contribution in [0.25, 0.3) is 0 Å². The Labute approximate surface area is 225 Å². The lowest BCUT2D eigenvalue weighted by Crippen LogP contribution is -2.49. The zero-order chi connectivity index (χ0) is 28.2. The van der Waals surface area contributed by atoms with Crippen molar-refractivity contribution in [1.82, 2.24) is 10.6 Å². The lowest BCUT2D eigenvalue weighted by molar-refractivity contribution is -0.140. The highest BCUT2D eigenvalue weighted by atomic mass is 32.2. The second-order valence-corrected chi connectivity index (χ2v) is 10.4. The number of carboxylic acids is 2. The minimum absolute atomic E-state index is 0.0264. The standard InChI is InChI=1S/C25H37N3O9S/c1-2-5-18(22-15-8-3-6-14(7-4-11-29)21(15)25(36)37-22)38-13-17(23(33)27-12-20(31)32)28-19(30)10-9-16(26)24(34)35/h6,16-18,21,29H,2-5,7-13,26H2,1H3,(H,27,33)(H,28,30)(H,31,32)(H,34,35)/t16-,17-,18+,21+/m0/s1. The molecule has 0 unspecified atom stereocenters. The maximum Gasteiger partial charge on any atom is 0.322 e. The molecule has 0 spiro atoms. The number of cyclic esters (lactones) is 1. The number of hydrogen-bond acceptors (Lipinski definition) is 9. The molecule has 2 rings (SSSR count). The Kier molecular flexibility index (Phi) is 12.8. The van der Waals surface area contributed by atoms with Crippen molar-refractivity contribution in [2.75, 3.05) is 18.9 Å². The third-order valence-corrected chi connectivity index (χ3v) is 7.68. The number of nitrogens with two attached hydrogens (primary N) is 1. The largest absolute Gasteiger partial charge is 0.480 e. The van der Waals surface area contributed by atoms with Crippen LogP contribution >= 0.6 is 11.8 Å². The van der Waals surface area contributed by atoms with Gasteiger partial charge >= 0.3 is 17.9 Å². The van der Waals surface area contributed by atoms with Crippen molar-refractivity contribution in [2.24, 2.45) is 11.7 Å². The van der Waals surface area contributed by atoms with Gasteiger partial charge in [0.15, 0.2) is 0 Å². The highest BCUT2D eigenvalue weighted by Crippen LogP contribution is 2.44. The number of allylic oxidation sites excluding steroid dienone is 1. The maximum atomic E-state index is 12.8. The van der Waals surface area contributed by atoms with Gasteiger partial charge in [0.2, 0.25) is 11.8 Å². The van der Waals surface area contributed by atoms with Gasteiger partial charge < -0.3 is 36.4 Å². The molecule has 0 aromatic rings. The summed E-state index contributed by atoms with van der Waals surface area (Å²) < 4.78 is 5.75. The number of rotatable bonds is 17. The number of carbonyl (C=O) groups excluding carboxylic acids is 3. The van der Waals surface area contributed by atoms with Gasteiger partial charge in [-0.05, 0) is 44.1 Å². The molecular formula is C25H37N3O9S. The van der Waals surface area contributed by atoms with Crippen molar-refractivity contribution in [1.29, 1.82) is 0 Å². The number of carboxylic acid groups (broad SMARTS) is 2. The molecule has 0 aromatic carbocycles. The predicted octanol–water partition coefficient (Wildman–Crippen LogP) is 0.686. The molecule has 0 aromatic heterocycles. The van der Waals surface area contributed by atoms with E-state index in [2.05, 4.69) is 10.6 Å². The summed E-state index contributed by atoms with van der Waals surface area (Å²) in [6.07, 6.45) is 5.65. The summed E-state index contributed by atoms with van der Waals surface area (Å²) in [5, 5.41) is 31.6. The molecule has 13 heteroatoms. The van der Waals surface area contributed by atoms with Gasteiger partial charge in [-0.3, -0.25) is 24.0 Å². The van der Waals surface area contributed by atoms with Gasteiger partial charge in [0.05, 0.1) is 5.25 Å². The van der Waals surface area contributed by atoms with Crippen molar-refractivity contribution < 1.29 is 44.0 Å². The van der Waals surface area contributed by atoms with Crippen molar-refractivity contribution in [3.63, 3.8) is 0 Å². The van der Waals surface area contributed by atoms with E-state index in [4.69, 9.17) is 20.7 Å². The smallest absolute Gasteiger partial charge is 0.322 e. The zero-order valence-electron chi connectivity index (χ0n) is 21.4. The number of nitrogens with one attached hydrogen (secondary N) is 2. The summed E-state index contributed by atoms with van der Waals surface area (Å²) in [6.45, 7) is 1.37. The average molecular weight is 556 g/mol. The minimum atomic E-state index is -1.25. The summed E-state index contributed by atoms with van der Waals surface area (Å²) in [5.74, 6) is -3.95. The van der Waals surface area contributed by atoms with Crippen LogP contribution in [0.5, 0.6) is 0 Å². The molecule has 0 bridgehead atoms. The molecule has 1 heterocycles. The number of ether oxygens (including phenoxy) is 1. The van der Waals surface area contributed by atoms with Crippen LogP contribution in [0.1, 0.15) is 58.3 Å². The maximum absolute atomic E-state index is 12.8. The quantitative estimate of drug-likeness (QED) is 0.109. The Morgan fingerprint density at radius 3 is 2.61 bits per heavy atom. The Balaban J connectivity index is 2.17. The van der Waals surface area contributed by atoms with E-state index in [1.807, 2.05) is 13.0 Å². The summed E-state index contributed by atoms with van der Waals surface area (Å²) >= 11 is 1.33. The van der Waals surface area contributed by atoms with E-state index in [0.29, 0.717) is 31.4 Å². The Morgan fingerprint density at radius 2 is 1.97 bits per heavy atom. The molecule has 0 saturated carbocycles. The van der Waals surface area contributed by atoms with Crippen molar-refractivity contribution in [2.45, 2.75) is 75.6 Å². The number of aliphatic carboxylic acids is 2. The number of carbonyl (C=O) groups is 5. The van der Waals surface area contributed by atoms with E-state index in [-0.39, 0.29) is 36.4 Å². The number of hydrogen-bond donors (Lipinski definition) is 6. The van der Waals surface area contributed by atoms with Crippen LogP contribution in [0.3, 0.4) is 0 Å². The molecule has 2 aliphatic rings. The van der Waals surface area contributed by atoms with E-state index in [0.717, 1.165) is 24.0 Å². The zero-order valence-corrected chi connectivity index (χ0v) is 22.3. The monoisotopic (exact) mass is 555 g/mol. The van der Waals surface area contributed by atoms with Crippen LogP contribution < -0.4 is 16.4 Å². The number of fused-ring (bicyclic) bond motifs is 1. The number of aliphatic hydroxyl groups is 1. The second-order valence-electron chi connectivity index (χ2n) is 9.21. The molecule has 0 radical (unpaired) electrons. The van der Waals surface area contributed by atoms with Crippen molar-refractivity contribution in [3.8, 4) is 0 Å². The third kappa shape index (κ3) is 9.14. The first-order chi connectivity index (χ1) is 18.1. The first-order valence-electron chi connectivity index (χ1n) is 12.7. The predicted molar refractivity (Wildman–Crippen MR) is 139 cm³/mol. The third-order valence-electron chi connectivity index (χ3n) is 6.30. The summed E-state index contributed by atoms with van der Waals surface area (Å²) in [6, 6.07) is -2.33. The van der Waals surface area contributed by atoms with Crippen molar-refractivity contribution >= 4 is 41.5 Å². The first-order valence-corrected chi connectivity index (χ1v) is 13.8. The Hall–Kier alpha value is -2.90. The highest BCUT2D eigenvalue weighted by Gasteiger charge is 2.41. The van der Waals surface area contributed by atoms with Gasteiger partial charge in [-0.2, -0.15) is 0 Å². The molecule has 0 fully saturated rings. The molecule has 1 aliphatic carbocycles. The summed E-state index contributed by atoms with van der Waals surface area (Å²) in [4.78, 5) is 59.8. The van der Waals surface area contributed by atoms with Crippen LogP contribution in [0.15, 0.2) is 23.0 Å². The molecule has 0 saturated heterocycles. The average Bonchev–Trinajstić information content (AvgIpc) is 3.22. The van der Waals surface area contributed by atoms with Gasteiger partial charge in [-0.25, -0.2) is 0 Å². The molecule has 1 aliphatic heterocycles. The molecular weight excluding hydrogens is 518 g/mol. The lowest BCUT2D eigenvalue weighted by atomic mass is 9.81. The fourth-order valence-electron chi connectivity index (χ4n) is 4.40. The normalized spacial score (nSPS) is 19.1. The van der Waals surface area contributed by atoms with Gasteiger partial charge in [-0.1, -0.05) is 25.0 Å². The van der Waals surface area contributed by atoms with Gasteiger partial charge in [0.25, 0.3) is 0 Å². The number of aliphatic hydroxyl groups excluding tert-OH is 1. The molecule has 4 atom stereocenters. The highest BCUT2D eigenvalue weighted by molar-refractivity contribution is 8.00. The second kappa shape index (κ2) is 15.5. The Morgan fingerprint density at radius 1 is 1.24 bits per heavy atom. The Bertz CT molecular complexity index is 966. The van der Waals surface area contributed by atoms with Crippen molar-refractivity contribution in [3.05, 3.63) is 23.0 Å². The molecule has 2 amide bonds. The summed E-state index contributed by atoms with van der Waals surface area (Å²) in [7, 11) is 0. The van der Waals surface area contributed by atoms with E-state index in [1.54, 1.807) is 0 Å². The van der Waals surface area contributed by atoms with Gasteiger partial charge in [-0.15, -0.1) is 11.8 Å². The van der Waals surface area contributed by atoms with E-state index in [9.17, 15) is 29.1 Å². The van der Waals surface area contributed by atoms with Crippen LogP contribution in [0.4, 0.5) is 0 Å². The molecule has 7 N–H and O–H groups in total. The van der Waals surface area contributed by atoms with Crippen LogP contribution in [0.2, 0.25) is 0 Å². The lowest BCUT2D eigenvalue weighted by Gasteiger charge is -2.23. The minimum Gasteiger partial charge on any atom is -0.480 e. The molecule has 12 nitrogen and oxygen atoms in total. The van der Waals surface area contributed by atoms with E-state index in [1.165, 1.54) is 11.8 Å². The van der Waals surface area contributed by atoms with Crippen LogP contribution in [-0.2, 0) is 28.7 Å². The van der Waals surface area contributed by atoms with E-state index < -0.39 is 48.3 Å². The van der Waals surface area contributed by atoms with Gasteiger partial charge in [0, 0.05) is 18.8 Å². The summed E-state index contributed by atoms with van der Waals surface area (Å²) in [5.41, 5.74) is 7.30. The SMILES string of the molecule is CCC[C@@H](SC[C@H](NC(=O)CC[C@H](N)C(=O)O)C(=O)NCC(=O)O)C1=C2CCC=C(CCCO)[C@H]2C(=O)O1. The van der Waals surface area contributed by atoms with Crippen LogP contribution in [-0.4, -0.2) is 81.3 Å². The van der Waals surface area contributed by atoms with Gasteiger partial charge in [0.1, 0.15) is 30.3 Å². The molecule has 38 heavy (non-hydrogen) atoms. The van der Waals surface area contributed by atoms with Crippen LogP contribution in [0, 0.1) is 5.92 Å². The topological polar surface area (TPSA) is 205 Å². The fourth-order valence-corrected chi connectivity index (χ4v) is 5.82. The van der Waals surface area contributed by atoms with E-state index >= 15 is 0 Å². The number of esters is 1. The first kappa shape index (κ1) is 31.3. The molecule has 212 valence electrons.